The first-order valence-electron chi connectivity index (χ1n) is 7.63. The second-order valence-corrected chi connectivity index (χ2v) is 5.54. The SMILES string of the molecule is CCC1(c2cc3c(-c4ccncc4)nccc3[nH]c2=O)N=CON1. The van der Waals surface area contributed by atoms with Crippen molar-refractivity contribution in [3.8, 4) is 11.3 Å². The maximum absolute atomic E-state index is 12.6. The van der Waals surface area contributed by atoms with Gasteiger partial charge in [0, 0.05) is 29.5 Å². The number of aliphatic imine (C=N–C) groups is 1. The summed E-state index contributed by atoms with van der Waals surface area (Å²) < 4.78 is 0. The van der Waals surface area contributed by atoms with Gasteiger partial charge in [-0.1, -0.05) is 6.92 Å². The minimum atomic E-state index is -0.882. The van der Waals surface area contributed by atoms with Gasteiger partial charge in [-0.15, -0.1) is 5.48 Å². The summed E-state index contributed by atoms with van der Waals surface area (Å²) in [5.74, 6) is 0. The van der Waals surface area contributed by atoms with Gasteiger partial charge in [0.05, 0.1) is 16.8 Å². The predicted octanol–water partition coefficient (Wildman–Crippen LogP) is 2.11. The lowest BCUT2D eigenvalue weighted by Crippen LogP contribution is -2.40. The molecular weight excluding hydrogens is 306 g/mol. The van der Waals surface area contributed by atoms with Crippen molar-refractivity contribution in [2.75, 3.05) is 0 Å². The van der Waals surface area contributed by atoms with E-state index in [9.17, 15) is 4.79 Å². The fraction of sp³-hybridized carbons (Fsp3) is 0.176. The molecule has 2 N–H and O–H groups in total. The Kier molecular flexibility index (Phi) is 3.35. The Bertz CT molecular complexity index is 983. The monoisotopic (exact) mass is 321 g/mol. The zero-order chi connectivity index (χ0) is 16.6. The van der Waals surface area contributed by atoms with Crippen molar-refractivity contribution in [1.82, 2.24) is 20.4 Å². The number of hydrogen-bond acceptors (Lipinski definition) is 6. The number of hydrogen-bond donors (Lipinski definition) is 2. The van der Waals surface area contributed by atoms with Crippen LogP contribution in [0.4, 0.5) is 0 Å². The highest BCUT2D eigenvalue weighted by molar-refractivity contribution is 5.92. The van der Waals surface area contributed by atoms with E-state index in [1.165, 1.54) is 6.40 Å². The molecule has 0 aromatic carbocycles. The maximum atomic E-state index is 12.6. The quantitative estimate of drug-likeness (QED) is 0.771. The predicted molar refractivity (Wildman–Crippen MR) is 90.3 cm³/mol. The highest BCUT2D eigenvalue weighted by Crippen LogP contribution is 2.31. The third-order valence-corrected chi connectivity index (χ3v) is 4.24. The number of aromatic amines is 1. The average Bonchev–Trinajstić information content (AvgIpc) is 3.11. The molecule has 0 spiro atoms. The third kappa shape index (κ3) is 2.17. The van der Waals surface area contributed by atoms with Crippen LogP contribution in [0.2, 0.25) is 0 Å². The van der Waals surface area contributed by atoms with E-state index in [1.807, 2.05) is 25.1 Å². The molecule has 1 unspecified atom stereocenters. The summed E-state index contributed by atoms with van der Waals surface area (Å²) in [5, 5.41) is 0.843. The molecule has 1 atom stereocenters. The molecule has 1 aliphatic heterocycles. The van der Waals surface area contributed by atoms with Gasteiger partial charge in [0.2, 0.25) is 0 Å². The number of aromatic nitrogens is 3. The van der Waals surface area contributed by atoms with Crippen LogP contribution in [0.25, 0.3) is 22.2 Å². The van der Waals surface area contributed by atoms with Crippen LogP contribution in [0, 0.1) is 0 Å². The zero-order valence-corrected chi connectivity index (χ0v) is 13.0. The molecule has 1 aliphatic rings. The topological polar surface area (TPSA) is 92.3 Å². The van der Waals surface area contributed by atoms with E-state index in [2.05, 4.69) is 25.4 Å². The minimum Gasteiger partial charge on any atom is -0.394 e. The number of hydroxylamine groups is 1. The molecule has 0 saturated heterocycles. The van der Waals surface area contributed by atoms with E-state index in [0.29, 0.717) is 12.0 Å². The van der Waals surface area contributed by atoms with Gasteiger partial charge < -0.3 is 9.82 Å². The molecule has 4 heterocycles. The maximum Gasteiger partial charge on any atom is 0.255 e. The third-order valence-electron chi connectivity index (χ3n) is 4.24. The molecule has 3 aromatic heterocycles. The number of pyridine rings is 3. The normalized spacial score (nSPS) is 19.5. The van der Waals surface area contributed by atoms with Crippen molar-refractivity contribution < 1.29 is 4.84 Å². The van der Waals surface area contributed by atoms with Crippen molar-refractivity contribution in [3.63, 3.8) is 0 Å². The molecule has 0 bridgehead atoms. The molecule has 120 valence electrons. The Morgan fingerprint density at radius 3 is 2.75 bits per heavy atom. The van der Waals surface area contributed by atoms with Gasteiger partial charge in [0.15, 0.2) is 12.1 Å². The van der Waals surface area contributed by atoms with Gasteiger partial charge in [-0.05, 0) is 30.7 Å². The first-order chi connectivity index (χ1) is 11.7. The first-order valence-corrected chi connectivity index (χ1v) is 7.63. The molecule has 4 rings (SSSR count). The number of fused-ring (bicyclic) bond motifs is 1. The molecule has 0 radical (unpaired) electrons. The summed E-state index contributed by atoms with van der Waals surface area (Å²) >= 11 is 0. The largest absolute Gasteiger partial charge is 0.394 e. The Balaban J connectivity index is 2.00. The lowest BCUT2D eigenvalue weighted by atomic mass is 9.97. The van der Waals surface area contributed by atoms with Crippen LogP contribution in [0.3, 0.4) is 0 Å². The summed E-state index contributed by atoms with van der Waals surface area (Å²) in [7, 11) is 0. The summed E-state index contributed by atoms with van der Waals surface area (Å²) in [4.78, 5) is 33.4. The Morgan fingerprint density at radius 1 is 1.21 bits per heavy atom. The lowest BCUT2D eigenvalue weighted by molar-refractivity contribution is 0.119. The van der Waals surface area contributed by atoms with Crippen LogP contribution in [-0.4, -0.2) is 21.4 Å². The number of nitrogens with zero attached hydrogens (tertiary/aromatic N) is 3. The Morgan fingerprint density at radius 2 is 2.04 bits per heavy atom. The van der Waals surface area contributed by atoms with E-state index in [0.717, 1.165) is 22.2 Å². The van der Waals surface area contributed by atoms with E-state index in [1.54, 1.807) is 24.7 Å². The molecule has 7 nitrogen and oxygen atoms in total. The van der Waals surface area contributed by atoms with Crippen LogP contribution in [0.5, 0.6) is 0 Å². The van der Waals surface area contributed by atoms with Gasteiger partial charge in [0.1, 0.15) is 0 Å². The summed E-state index contributed by atoms with van der Waals surface area (Å²) in [5.41, 5.74) is 4.67. The molecule has 7 heteroatoms. The van der Waals surface area contributed by atoms with Gasteiger partial charge in [-0.2, -0.15) is 0 Å². The van der Waals surface area contributed by atoms with Crippen molar-refractivity contribution in [2.24, 2.45) is 4.99 Å². The zero-order valence-electron chi connectivity index (χ0n) is 13.0. The molecule has 0 saturated carbocycles. The average molecular weight is 321 g/mol. The molecule has 0 amide bonds. The molecule has 24 heavy (non-hydrogen) atoms. The number of H-pyrrole nitrogens is 1. The highest BCUT2D eigenvalue weighted by Gasteiger charge is 2.36. The first kappa shape index (κ1) is 14.5. The summed E-state index contributed by atoms with van der Waals surface area (Å²) in [6.07, 6.45) is 7.00. The van der Waals surface area contributed by atoms with Crippen molar-refractivity contribution in [3.05, 3.63) is 58.8 Å². The lowest BCUT2D eigenvalue weighted by Gasteiger charge is -2.23. The van der Waals surface area contributed by atoms with Crippen LogP contribution < -0.4 is 11.0 Å². The Hall–Kier alpha value is -3.06. The van der Waals surface area contributed by atoms with Crippen LogP contribution >= 0.6 is 0 Å². The minimum absolute atomic E-state index is 0.202. The van der Waals surface area contributed by atoms with Gasteiger partial charge in [-0.25, -0.2) is 4.99 Å². The van der Waals surface area contributed by atoms with Crippen molar-refractivity contribution in [1.29, 1.82) is 0 Å². The second kappa shape index (κ2) is 5.54. The van der Waals surface area contributed by atoms with Crippen LogP contribution in [0.1, 0.15) is 18.9 Å². The molecule has 0 fully saturated rings. The van der Waals surface area contributed by atoms with Gasteiger partial charge in [-0.3, -0.25) is 14.8 Å². The summed E-state index contributed by atoms with van der Waals surface area (Å²) in [6, 6.07) is 7.39. The van der Waals surface area contributed by atoms with E-state index in [-0.39, 0.29) is 5.56 Å². The van der Waals surface area contributed by atoms with Crippen molar-refractivity contribution in [2.45, 2.75) is 19.0 Å². The smallest absolute Gasteiger partial charge is 0.255 e. The van der Waals surface area contributed by atoms with Gasteiger partial charge >= 0.3 is 0 Å². The van der Waals surface area contributed by atoms with E-state index >= 15 is 0 Å². The van der Waals surface area contributed by atoms with Crippen LogP contribution in [0.15, 0.2) is 52.6 Å². The highest BCUT2D eigenvalue weighted by atomic mass is 16.7. The molecule has 0 aliphatic carbocycles. The second-order valence-electron chi connectivity index (χ2n) is 5.54. The Labute approximate surface area is 137 Å². The van der Waals surface area contributed by atoms with Gasteiger partial charge in [0.25, 0.3) is 5.56 Å². The summed E-state index contributed by atoms with van der Waals surface area (Å²) in [6.45, 7) is 1.94. The van der Waals surface area contributed by atoms with Crippen LogP contribution in [-0.2, 0) is 10.5 Å². The number of rotatable bonds is 3. The van der Waals surface area contributed by atoms with E-state index < -0.39 is 5.66 Å². The fourth-order valence-corrected chi connectivity index (χ4v) is 2.92. The molecular formula is C17H15N5O2. The fourth-order valence-electron chi connectivity index (χ4n) is 2.92. The number of nitrogens with one attached hydrogen (secondary N) is 2. The van der Waals surface area contributed by atoms with E-state index in [4.69, 9.17) is 4.84 Å². The molecule has 3 aromatic rings. The van der Waals surface area contributed by atoms with Crippen molar-refractivity contribution >= 4 is 17.3 Å². The standard InChI is InChI=1S/C17H15N5O2/c1-2-17(20-10-24-22-17)13-9-12-14(21-16(13)23)5-8-19-15(12)11-3-6-18-7-4-11/h3-10,22H,2H2,1H3,(H,21,23).